The Hall–Kier alpha value is -2.11. The van der Waals surface area contributed by atoms with E-state index >= 15 is 0 Å². The maximum Gasteiger partial charge on any atom is 0.328 e. The van der Waals surface area contributed by atoms with Crippen LogP contribution in [0.25, 0.3) is 0 Å². The molecule has 6 heteroatoms. The second-order valence-electron chi connectivity index (χ2n) is 4.35. The average molecular weight is 252 g/mol. The zero-order chi connectivity index (χ0) is 13.9. The summed E-state index contributed by atoms with van der Waals surface area (Å²) >= 11 is 0. The van der Waals surface area contributed by atoms with E-state index in [-0.39, 0.29) is 5.69 Å². The number of aliphatic carboxylic acids is 1. The molecule has 0 saturated carbocycles. The van der Waals surface area contributed by atoms with E-state index in [9.17, 15) is 20.0 Å². The van der Waals surface area contributed by atoms with Crippen LogP contribution in [-0.4, -0.2) is 28.1 Å². The van der Waals surface area contributed by atoms with E-state index in [1.165, 1.54) is 24.8 Å². The van der Waals surface area contributed by atoms with Crippen molar-refractivity contribution in [2.45, 2.75) is 26.3 Å². The first-order chi connectivity index (χ1) is 8.32. The zero-order valence-electron chi connectivity index (χ0n) is 10.6. The summed E-state index contributed by atoms with van der Waals surface area (Å²) in [4.78, 5) is 23.2. The minimum atomic E-state index is -1.21. The molecule has 98 valence electrons. The highest BCUT2D eigenvalue weighted by Gasteiger charge is 2.36. The van der Waals surface area contributed by atoms with E-state index < -0.39 is 16.4 Å². The highest BCUT2D eigenvalue weighted by molar-refractivity contribution is 5.84. The summed E-state index contributed by atoms with van der Waals surface area (Å²) in [6.07, 6.45) is 0. The molecule has 0 aromatic heterocycles. The van der Waals surface area contributed by atoms with Crippen molar-refractivity contribution in [2.75, 3.05) is 11.4 Å². The molecule has 0 saturated heterocycles. The molecular weight excluding hydrogens is 236 g/mol. The highest BCUT2D eigenvalue weighted by atomic mass is 16.6. The Bertz CT molecular complexity index is 471. The van der Waals surface area contributed by atoms with Crippen LogP contribution in [-0.2, 0) is 4.79 Å². The summed E-state index contributed by atoms with van der Waals surface area (Å²) in [7, 11) is 0. The van der Waals surface area contributed by atoms with Crippen molar-refractivity contribution < 1.29 is 14.8 Å². The molecule has 18 heavy (non-hydrogen) atoms. The predicted molar refractivity (Wildman–Crippen MR) is 67.8 cm³/mol. The van der Waals surface area contributed by atoms with Crippen LogP contribution in [0, 0.1) is 10.1 Å². The first-order valence-corrected chi connectivity index (χ1v) is 5.56. The van der Waals surface area contributed by atoms with Gasteiger partial charge in [-0.05, 0) is 26.8 Å². The fourth-order valence-corrected chi connectivity index (χ4v) is 1.83. The molecule has 0 atom stereocenters. The molecule has 0 fully saturated rings. The first-order valence-electron chi connectivity index (χ1n) is 5.56. The van der Waals surface area contributed by atoms with Gasteiger partial charge in [0.05, 0.1) is 4.92 Å². The van der Waals surface area contributed by atoms with Gasteiger partial charge in [0.15, 0.2) is 0 Å². The number of hydrogen-bond donors (Lipinski definition) is 1. The lowest BCUT2D eigenvalue weighted by Gasteiger charge is -2.35. The van der Waals surface area contributed by atoms with Crippen LogP contribution in [0.15, 0.2) is 24.3 Å². The van der Waals surface area contributed by atoms with Gasteiger partial charge in [-0.3, -0.25) is 10.1 Å². The van der Waals surface area contributed by atoms with Gasteiger partial charge in [0, 0.05) is 12.6 Å². The molecule has 0 aliphatic rings. The van der Waals surface area contributed by atoms with E-state index in [0.29, 0.717) is 12.2 Å². The van der Waals surface area contributed by atoms with Gasteiger partial charge in [0.2, 0.25) is 0 Å². The van der Waals surface area contributed by atoms with Crippen molar-refractivity contribution in [3.8, 4) is 0 Å². The Morgan fingerprint density at radius 3 is 2.44 bits per heavy atom. The molecule has 1 aromatic carbocycles. The third-order valence-corrected chi connectivity index (χ3v) is 2.88. The fourth-order valence-electron chi connectivity index (χ4n) is 1.83. The summed E-state index contributed by atoms with van der Waals surface area (Å²) in [5, 5.41) is 20.2. The van der Waals surface area contributed by atoms with Crippen LogP contribution in [0.5, 0.6) is 0 Å². The standard InChI is InChI=1S/C12H16N2O4/c1-4-13(12(2,3)11(15)16)9-7-5-6-8-10(9)14(17)18/h5-8H,4H2,1-3H3,(H,15,16). The van der Waals surface area contributed by atoms with Crippen molar-refractivity contribution in [2.24, 2.45) is 0 Å². The largest absolute Gasteiger partial charge is 0.480 e. The van der Waals surface area contributed by atoms with E-state index in [1.54, 1.807) is 25.1 Å². The minimum absolute atomic E-state index is 0.0892. The number of carbonyl (C=O) groups is 1. The number of benzene rings is 1. The van der Waals surface area contributed by atoms with Gasteiger partial charge in [0.25, 0.3) is 5.69 Å². The first kappa shape index (κ1) is 14.0. The van der Waals surface area contributed by atoms with Crippen LogP contribution in [0.3, 0.4) is 0 Å². The van der Waals surface area contributed by atoms with Crippen LogP contribution < -0.4 is 4.90 Å². The smallest absolute Gasteiger partial charge is 0.328 e. The van der Waals surface area contributed by atoms with Gasteiger partial charge in [0.1, 0.15) is 11.2 Å². The lowest BCUT2D eigenvalue weighted by atomic mass is 10.0. The number of nitro groups is 1. The molecule has 0 heterocycles. The third-order valence-electron chi connectivity index (χ3n) is 2.88. The van der Waals surface area contributed by atoms with Crippen LogP contribution in [0.4, 0.5) is 11.4 Å². The van der Waals surface area contributed by atoms with Crippen molar-refractivity contribution in [1.82, 2.24) is 0 Å². The van der Waals surface area contributed by atoms with Crippen molar-refractivity contribution in [3.63, 3.8) is 0 Å². The summed E-state index contributed by atoms with van der Waals surface area (Å²) in [5.41, 5.74) is -0.980. The predicted octanol–water partition coefficient (Wildman–Crippen LogP) is 2.28. The molecule has 6 nitrogen and oxygen atoms in total. The van der Waals surface area contributed by atoms with Crippen molar-refractivity contribution in [3.05, 3.63) is 34.4 Å². The fraction of sp³-hybridized carbons (Fsp3) is 0.417. The van der Waals surface area contributed by atoms with Crippen LogP contribution >= 0.6 is 0 Å². The monoisotopic (exact) mass is 252 g/mol. The Labute approximate surface area is 105 Å². The quantitative estimate of drug-likeness (QED) is 0.642. The summed E-state index contributed by atoms with van der Waals surface area (Å²) in [6, 6.07) is 6.15. The molecule has 0 radical (unpaired) electrons. The van der Waals surface area contributed by atoms with Crippen LogP contribution in [0.2, 0.25) is 0 Å². The second-order valence-corrected chi connectivity index (χ2v) is 4.35. The summed E-state index contributed by atoms with van der Waals surface area (Å²) < 4.78 is 0. The van der Waals surface area contributed by atoms with Gasteiger partial charge in [-0.25, -0.2) is 4.79 Å². The number of para-hydroxylation sites is 2. The molecule has 0 aliphatic carbocycles. The molecule has 0 amide bonds. The van der Waals surface area contributed by atoms with E-state index in [0.717, 1.165) is 0 Å². The summed E-state index contributed by atoms with van der Waals surface area (Å²) in [5.74, 6) is -1.03. The second kappa shape index (κ2) is 5.03. The number of hydrogen-bond acceptors (Lipinski definition) is 4. The number of nitrogens with zero attached hydrogens (tertiary/aromatic N) is 2. The lowest BCUT2D eigenvalue weighted by molar-refractivity contribution is -0.384. The molecule has 1 aromatic rings. The van der Waals surface area contributed by atoms with Gasteiger partial charge in [-0.2, -0.15) is 0 Å². The Balaban J connectivity index is 3.34. The Morgan fingerprint density at radius 2 is 2.00 bits per heavy atom. The van der Waals surface area contributed by atoms with E-state index in [1.807, 2.05) is 0 Å². The number of anilines is 1. The Morgan fingerprint density at radius 1 is 1.44 bits per heavy atom. The molecule has 1 N–H and O–H groups in total. The molecule has 1 rings (SSSR count). The van der Waals surface area contributed by atoms with Crippen molar-refractivity contribution in [1.29, 1.82) is 0 Å². The number of carboxylic acids is 1. The highest BCUT2D eigenvalue weighted by Crippen LogP contribution is 2.32. The zero-order valence-corrected chi connectivity index (χ0v) is 10.6. The maximum absolute atomic E-state index is 11.3. The number of nitro benzene ring substituents is 1. The van der Waals surface area contributed by atoms with Gasteiger partial charge in [-0.1, -0.05) is 12.1 Å². The van der Waals surface area contributed by atoms with E-state index in [2.05, 4.69) is 0 Å². The molecule has 0 bridgehead atoms. The van der Waals surface area contributed by atoms with Crippen molar-refractivity contribution >= 4 is 17.3 Å². The third kappa shape index (κ3) is 2.42. The molecule has 0 unspecified atom stereocenters. The average Bonchev–Trinajstić information content (AvgIpc) is 2.29. The van der Waals surface area contributed by atoms with Gasteiger partial charge < -0.3 is 10.0 Å². The minimum Gasteiger partial charge on any atom is -0.480 e. The van der Waals surface area contributed by atoms with Gasteiger partial charge >= 0.3 is 5.97 Å². The molecule has 0 spiro atoms. The van der Waals surface area contributed by atoms with Gasteiger partial charge in [-0.15, -0.1) is 0 Å². The normalized spacial score (nSPS) is 11.1. The maximum atomic E-state index is 11.3. The SMILES string of the molecule is CCN(c1ccccc1[N+](=O)[O-])C(C)(C)C(=O)O. The lowest BCUT2D eigenvalue weighted by Crippen LogP contribution is -2.50. The topological polar surface area (TPSA) is 83.7 Å². The number of rotatable bonds is 5. The number of likely N-dealkylation sites (N-methyl/N-ethyl adjacent to an activating group) is 1. The number of carboxylic acid groups (broad SMARTS) is 1. The molecular formula is C12H16N2O4. The molecule has 0 aliphatic heterocycles. The Kier molecular flexibility index (Phi) is 3.90. The summed E-state index contributed by atoms with van der Waals surface area (Å²) in [6.45, 7) is 5.18. The van der Waals surface area contributed by atoms with Crippen LogP contribution in [0.1, 0.15) is 20.8 Å². The van der Waals surface area contributed by atoms with E-state index in [4.69, 9.17) is 0 Å².